The summed E-state index contributed by atoms with van der Waals surface area (Å²) in [6.45, 7) is 5.41. The molecular formula is C7H16O2. The second kappa shape index (κ2) is 3.85. The van der Waals surface area contributed by atoms with E-state index in [0.29, 0.717) is 6.42 Å². The Morgan fingerprint density at radius 2 is 1.56 bits per heavy atom. The van der Waals surface area contributed by atoms with Crippen LogP contribution < -0.4 is 0 Å². The fourth-order valence-electron chi connectivity index (χ4n) is 0.735. The van der Waals surface area contributed by atoms with E-state index in [1.165, 1.54) is 0 Å². The zero-order chi connectivity index (χ0) is 7.44. The van der Waals surface area contributed by atoms with E-state index in [4.69, 9.17) is 10.2 Å². The molecule has 0 amide bonds. The first-order chi connectivity index (χ1) is 4.04. The summed E-state index contributed by atoms with van der Waals surface area (Å²) in [7, 11) is 0. The van der Waals surface area contributed by atoms with E-state index in [-0.39, 0.29) is 18.1 Å². The quantitative estimate of drug-likeness (QED) is 0.595. The number of hydrogen-bond donors (Lipinski definition) is 2. The van der Waals surface area contributed by atoms with Crippen LogP contribution >= 0.6 is 0 Å². The van der Waals surface area contributed by atoms with Crippen molar-refractivity contribution in [3.05, 3.63) is 0 Å². The van der Waals surface area contributed by atoms with E-state index in [0.717, 1.165) is 0 Å². The summed E-state index contributed by atoms with van der Waals surface area (Å²) < 4.78 is 0. The van der Waals surface area contributed by atoms with Crippen LogP contribution in [0.2, 0.25) is 0 Å². The maximum absolute atomic E-state index is 8.96. The first-order valence-electron chi connectivity index (χ1n) is 3.40. The van der Waals surface area contributed by atoms with Crippen molar-refractivity contribution in [3.63, 3.8) is 0 Å². The monoisotopic (exact) mass is 132 g/mol. The Labute approximate surface area is 56.5 Å². The number of aliphatic hydroxyl groups excluding tert-OH is 2. The van der Waals surface area contributed by atoms with Crippen molar-refractivity contribution >= 4 is 0 Å². The van der Waals surface area contributed by atoms with Crippen molar-refractivity contribution in [1.82, 2.24) is 0 Å². The summed E-state index contributed by atoms with van der Waals surface area (Å²) >= 11 is 0. The second-order valence-electron chi connectivity index (χ2n) is 2.80. The van der Waals surface area contributed by atoms with Gasteiger partial charge in [-0.3, -0.25) is 0 Å². The van der Waals surface area contributed by atoms with Crippen LogP contribution in [0.1, 0.15) is 27.2 Å². The molecule has 9 heavy (non-hydrogen) atoms. The molecule has 1 unspecified atom stereocenters. The molecule has 2 nitrogen and oxygen atoms in total. The Balaban J connectivity index is 3.38. The van der Waals surface area contributed by atoms with Crippen molar-refractivity contribution in [1.29, 1.82) is 0 Å². The summed E-state index contributed by atoms with van der Waals surface area (Å²) in [4.78, 5) is 0. The molecule has 0 saturated heterocycles. The summed E-state index contributed by atoms with van der Waals surface area (Å²) in [5, 5.41) is 17.8. The van der Waals surface area contributed by atoms with Crippen molar-refractivity contribution in [2.45, 2.75) is 39.4 Å². The Kier molecular flexibility index (Phi) is 3.82. The summed E-state index contributed by atoms with van der Waals surface area (Å²) in [6.07, 6.45) is 0.0756. The Bertz CT molecular complexity index is 69.3. The van der Waals surface area contributed by atoms with Gasteiger partial charge < -0.3 is 10.2 Å². The predicted octanol–water partition coefficient (Wildman–Crippen LogP) is 0.774. The molecule has 0 aliphatic carbocycles. The standard InChI is InChI=1S/C7H16O2/c1-5(7(3)9)4-6(2)8/h5-9H,4H2,1-3H3/t5?,6-,7+/m0/s1. The van der Waals surface area contributed by atoms with Gasteiger partial charge in [0.25, 0.3) is 0 Å². The van der Waals surface area contributed by atoms with Gasteiger partial charge in [-0.25, -0.2) is 0 Å². The van der Waals surface area contributed by atoms with Crippen LogP contribution in [0, 0.1) is 5.92 Å². The van der Waals surface area contributed by atoms with Crippen molar-refractivity contribution in [3.8, 4) is 0 Å². The van der Waals surface area contributed by atoms with Crippen LogP contribution in [0.4, 0.5) is 0 Å². The molecule has 2 N–H and O–H groups in total. The zero-order valence-corrected chi connectivity index (χ0v) is 6.33. The number of aliphatic hydroxyl groups is 2. The highest BCUT2D eigenvalue weighted by Gasteiger charge is 2.10. The third kappa shape index (κ3) is 4.43. The first kappa shape index (κ1) is 8.92. The van der Waals surface area contributed by atoms with E-state index in [1.807, 2.05) is 6.92 Å². The molecule has 0 aromatic carbocycles. The molecule has 0 bridgehead atoms. The largest absolute Gasteiger partial charge is 0.393 e. The molecule has 0 aliphatic heterocycles. The second-order valence-corrected chi connectivity index (χ2v) is 2.80. The molecule has 0 spiro atoms. The van der Waals surface area contributed by atoms with Crippen molar-refractivity contribution < 1.29 is 10.2 Å². The minimum Gasteiger partial charge on any atom is -0.393 e. The highest BCUT2D eigenvalue weighted by Crippen LogP contribution is 2.09. The van der Waals surface area contributed by atoms with Gasteiger partial charge in [0.15, 0.2) is 0 Å². The van der Waals surface area contributed by atoms with Crippen LogP contribution in [0.15, 0.2) is 0 Å². The minimum absolute atomic E-state index is 0.199. The molecule has 0 saturated carbocycles. The third-order valence-electron chi connectivity index (χ3n) is 1.54. The molecule has 3 atom stereocenters. The lowest BCUT2D eigenvalue weighted by atomic mass is 10.00. The summed E-state index contributed by atoms with van der Waals surface area (Å²) in [5.41, 5.74) is 0. The molecule has 0 fully saturated rings. The lowest BCUT2D eigenvalue weighted by molar-refractivity contribution is 0.0876. The SMILES string of the molecule is CC(C[C@H](C)O)[C@@H](C)O. The van der Waals surface area contributed by atoms with Crippen LogP contribution in [-0.2, 0) is 0 Å². The van der Waals surface area contributed by atoms with Gasteiger partial charge in [0.05, 0.1) is 12.2 Å². The van der Waals surface area contributed by atoms with E-state index in [9.17, 15) is 0 Å². The Hall–Kier alpha value is -0.0800. The molecule has 0 heterocycles. The van der Waals surface area contributed by atoms with Gasteiger partial charge in [0.2, 0.25) is 0 Å². The third-order valence-corrected chi connectivity index (χ3v) is 1.54. The van der Waals surface area contributed by atoms with Gasteiger partial charge in [-0.05, 0) is 26.2 Å². The van der Waals surface area contributed by atoms with Crippen molar-refractivity contribution in [2.24, 2.45) is 5.92 Å². The topological polar surface area (TPSA) is 40.5 Å². The molecule has 0 aromatic heterocycles. The van der Waals surface area contributed by atoms with Crippen LogP contribution in [0.3, 0.4) is 0 Å². The molecule has 0 aliphatic rings. The fraction of sp³-hybridized carbons (Fsp3) is 1.00. The Morgan fingerprint density at radius 1 is 1.11 bits per heavy atom. The van der Waals surface area contributed by atoms with Gasteiger partial charge in [-0.15, -0.1) is 0 Å². The summed E-state index contributed by atoms with van der Waals surface area (Å²) in [5.74, 6) is 0.199. The number of hydrogen-bond acceptors (Lipinski definition) is 2. The van der Waals surface area contributed by atoms with Gasteiger partial charge in [0.1, 0.15) is 0 Å². The Morgan fingerprint density at radius 3 is 1.67 bits per heavy atom. The van der Waals surface area contributed by atoms with Crippen LogP contribution in [0.5, 0.6) is 0 Å². The average molecular weight is 132 g/mol. The van der Waals surface area contributed by atoms with Gasteiger partial charge in [-0.2, -0.15) is 0 Å². The van der Waals surface area contributed by atoms with Gasteiger partial charge in [-0.1, -0.05) is 6.92 Å². The minimum atomic E-state index is -0.306. The van der Waals surface area contributed by atoms with Crippen molar-refractivity contribution in [2.75, 3.05) is 0 Å². The molecule has 0 rings (SSSR count). The maximum Gasteiger partial charge on any atom is 0.0538 e. The van der Waals surface area contributed by atoms with Crippen LogP contribution in [0.25, 0.3) is 0 Å². The first-order valence-corrected chi connectivity index (χ1v) is 3.40. The molecule has 0 aromatic rings. The normalized spacial score (nSPS) is 21.0. The van der Waals surface area contributed by atoms with Gasteiger partial charge in [0, 0.05) is 0 Å². The lowest BCUT2D eigenvalue weighted by Gasteiger charge is -2.15. The van der Waals surface area contributed by atoms with E-state index >= 15 is 0 Å². The fourth-order valence-corrected chi connectivity index (χ4v) is 0.735. The smallest absolute Gasteiger partial charge is 0.0538 e. The molecule has 2 heteroatoms. The highest BCUT2D eigenvalue weighted by atomic mass is 16.3. The maximum atomic E-state index is 8.96. The summed E-state index contributed by atoms with van der Waals surface area (Å²) in [6, 6.07) is 0. The van der Waals surface area contributed by atoms with Crippen LogP contribution in [-0.4, -0.2) is 22.4 Å². The average Bonchev–Trinajstić information content (AvgIpc) is 1.63. The predicted molar refractivity (Wildman–Crippen MR) is 37.1 cm³/mol. The highest BCUT2D eigenvalue weighted by molar-refractivity contribution is 4.61. The van der Waals surface area contributed by atoms with E-state index in [1.54, 1.807) is 13.8 Å². The molecule has 56 valence electrons. The zero-order valence-electron chi connectivity index (χ0n) is 6.33. The molecular weight excluding hydrogens is 116 g/mol. The molecule has 0 radical (unpaired) electrons. The van der Waals surface area contributed by atoms with E-state index < -0.39 is 0 Å². The number of rotatable bonds is 3. The van der Waals surface area contributed by atoms with Gasteiger partial charge >= 0.3 is 0 Å². The lowest BCUT2D eigenvalue weighted by Crippen LogP contribution is -2.17. The van der Waals surface area contributed by atoms with E-state index in [2.05, 4.69) is 0 Å².